The second-order valence-electron chi connectivity index (χ2n) is 5.01. The number of hydrogen-bond donors (Lipinski definition) is 0. The minimum absolute atomic E-state index is 1.01. The van der Waals surface area contributed by atoms with Crippen LogP contribution in [0.4, 0.5) is 0 Å². The van der Waals surface area contributed by atoms with Crippen molar-refractivity contribution in [2.45, 2.75) is 37.5 Å². The first-order chi connectivity index (χ1) is 4.04. The van der Waals surface area contributed by atoms with E-state index in [2.05, 4.69) is 14.8 Å². The molecule has 0 unspecified atom stereocenters. The fourth-order valence-corrected chi connectivity index (χ4v) is 10.1. The molecule has 0 heterocycles. The van der Waals surface area contributed by atoms with E-state index < -0.39 is 18.4 Å². The molecule has 0 nitrogen and oxygen atoms in total. The van der Waals surface area contributed by atoms with E-state index in [4.69, 9.17) is 0 Å². The average Bonchev–Trinajstić information content (AvgIpc) is 1.08. The van der Waals surface area contributed by atoms with Crippen LogP contribution in [-0.4, -0.2) is 18.4 Å². The molecule has 0 N–H and O–H groups in total. The standard InChI is InChI=1S/C5H7.3CH3.Sn/c1-4-2-5(1)3-4;;;;/h4H,1-3H2;3*1H3;. The van der Waals surface area contributed by atoms with Crippen LogP contribution in [0, 0.1) is 5.92 Å². The van der Waals surface area contributed by atoms with E-state index >= 15 is 0 Å². The summed E-state index contributed by atoms with van der Waals surface area (Å²) < 4.78 is 1.01. The molecule has 1 heteroatoms. The molecule has 0 spiro atoms. The van der Waals surface area contributed by atoms with Crippen LogP contribution < -0.4 is 0 Å². The quantitative estimate of drug-likeness (QED) is 0.608. The summed E-state index contributed by atoms with van der Waals surface area (Å²) in [5.74, 6) is 1.20. The molecule has 0 radical (unpaired) electrons. The molecule has 0 saturated heterocycles. The summed E-state index contributed by atoms with van der Waals surface area (Å²) in [6.45, 7) is 0. The second kappa shape index (κ2) is 1.51. The molecule has 3 saturated carbocycles. The van der Waals surface area contributed by atoms with E-state index in [1.807, 2.05) is 0 Å². The Bertz CT molecular complexity index is 126. The van der Waals surface area contributed by atoms with Gasteiger partial charge in [0.15, 0.2) is 0 Å². The summed E-state index contributed by atoms with van der Waals surface area (Å²) in [5.41, 5.74) is 0. The van der Waals surface area contributed by atoms with Gasteiger partial charge >= 0.3 is 61.8 Å². The zero-order valence-corrected chi connectivity index (χ0v) is 9.55. The van der Waals surface area contributed by atoms with Crippen molar-refractivity contribution in [3.05, 3.63) is 0 Å². The Morgan fingerprint density at radius 2 is 1.56 bits per heavy atom. The van der Waals surface area contributed by atoms with Crippen LogP contribution in [0.3, 0.4) is 0 Å². The molecule has 3 rings (SSSR count). The number of rotatable bonds is 1. The summed E-state index contributed by atoms with van der Waals surface area (Å²) in [6, 6.07) is 0. The van der Waals surface area contributed by atoms with Crippen molar-refractivity contribution in [2.24, 2.45) is 5.92 Å². The van der Waals surface area contributed by atoms with E-state index in [9.17, 15) is 0 Å². The summed E-state index contributed by atoms with van der Waals surface area (Å²) in [7, 11) is 0. The van der Waals surface area contributed by atoms with Gasteiger partial charge in [0.2, 0.25) is 0 Å². The van der Waals surface area contributed by atoms with Crippen molar-refractivity contribution in [1.29, 1.82) is 0 Å². The van der Waals surface area contributed by atoms with E-state index in [-0.39, 0.29) is 0 Å². The molecule has 2 bridgehead atoms. The Kier molecular flexibility index (Phi) is 1.09. The Hall–Kier alpha value is 0.799. The SMILES string of the molecule is [CH3][Sn]([CH3])([CH3])[C]12CC(C1)C2. The van der Waals surface area contributed by atoms with Gasteiger partial charge in [0.1, 0.15) is 0 Å². The van der Waals surface area contributed by atoms with Crippen molar-refractivity contribution in [3.63, 3.8) is 0 Å². The van der Waals surface area contributed by atoms with Gasteiger partial charge in [0.25, 0.3) is 0 Å². The topological polar surface area (TPSA) is 0 Å². The van der Waals surface area contributed by atoms with Gasteiger partial charge in [-0.25, -0.2) is 0 Å². The maximum absolute atomic E-state index is 2.60. The molecule has 3 aliphatic rings. The molecule has 0 atom stereocenters. The van der Waals surface area contributed by atoms with Crippen LogP contribution in [0.25, 0.3) is 0 Å². The van der Waals surface area contributed by atoms with Crippen molar-refractivity contribution in [2.75, 3.05) is 0 Å². The van der Waals surface area contributed by atoms with Crippen molar-refractivity contribution in [3.8, 4) is 0 Å². The molecule has 3 fully saturated rings. The Morgan fingerprint density at radius 1 is 1.11 bits per heavy atom. The Morgan fingerprint density at radius 3 is 1.56 bits per heavy atom. The van der Waals surface area contributed by atoms with E-state index in [0.717, 1.165) is 3.43 Å². The van der Waals surface area contributed by atoms with Crippen molar-refractivity contribution < 1.29 is 0 Å². The summed E-state index contributed by atoms with van der Waals surface area (Å²) in [5, 5.41) is 0. The van der Waals surface area contributed by atoms with Gasteiger partial charge in [0, 0.05) is 0 Å². The molecule has 3 aliphatic carbocycles. The zero-order chi connectivity index (χ0) is 6.70. The van der Waals surface area contributed by atoms with Gasteiger partial charge < -0.3 is 0 Å². The van der Waals surface area contributed by atoms with Gasteiger partial charge in [-0.3, -0.25) is 0 Å². The fourth-order valence-electron chi connectivity index (χ4n) is 2.40. The average molecular weight is 231 g/mol. The molecule has 0 aromatic carbocycles. The molecule has 0 aromatic rings. The first-order valence-corrected chi connectivity index (χ1v) is 14.0. The molecule has 0 aliphatic heterocycles. The first-order valence-electron chi connectivity index (χ1n) is 4.04. The third kappa shape index (κ3) is 0.661. The predicted molar refractivity (Wildman–Crippen MR) is 43.4 cm³/mol. The van der Waals surface area contributed by atoms with Crippen LogP contribution in [0.2, 0.25) is 18.2 Å². The van der Waals surface area contributed by atoms with E-state index in [1.165, 1.54) is 5.92 Å². The van der Waals surface area contributed by atoms with Gasteiger partial charge in [-0.1, -0.05) is 0 Å². The number of hydrogen-bond acceptors (Lipinski definition) is 0. The maximum atomic E-state index is 2.60. The molecule has 52 valence electrons. The molecule has 0 aromatic heterocycles. The first kappa shape index (κ1) is 6.51. The van der Waals surface area contributed by atoms with Crippen molar-refractivity contribution >= 4 is 18.4 Å². The van der Waals surface area contributed by atoms with E-state index in [1.54, 1.807) is 19.3 Å². The Balaban J connectivity index is 2.13. The third-order valence-electron chi connectivity index (χ3n) is 3.63. The van der Waals surface area contributed by atoms with Gasteiger partial charge in [-0.05, 0) is 0 Å². The normalized spacial score (nSPS) is 47.7. The van der Waals surface area contributed by atoms with Crippen LogP contribution in [-0.2, 0) is 0 Å². The van der Waals surface area contributed by atoms with Crippen molar-refractivity contribution in [1.82, 2.24) is 0 Å². The monoisotopic (exact) mass is 232 g/mol. The molecular formula is C8H16Sn. The summed E-state index contributed by atoms with van der Waals surface area (Å²) in [4.78, 5) is 7.80. The minimum atomic E-state index is -1.41. The fraction of sp³-hybridized carbons (Fsp3) is 1.00. The van der Waals surface area contributed by atoms with Crippen LogP contribution in [0.5, 0.6) is 0 Å². The molecule has 0 amide bonds. The second-order valence-corrected chi connectivity index (χ2v) is 20.9. The predicted octanol–water partition coefficient (Wildman–Crippen LogP) is 2.88. The zero-order valence-electron chi connectivity index (χ0n) is 6.70. The van der Waals surface area contributed by atoms with Gasteiger partial charge in [-0.2, -0.15) is 0 Å². The third-order valence-corrected chi connectivity index (χ3v) is 14.5. The summed E-state index contributed by atoms with van der Waals surface area (Å²) >= 11 is -1.41. The van der Waals surface area contributed by atoms with Crippen LogP contribution >= 0.6 is 0 Å². The Labute approximate surface area is 61.9 Å². The van der Waals surface area contributed by atoms with Gasteiger partial charge in [0.05, 0.1) is 0 Å². The van der Waals surface area contributed by atoms with Gasteiger partial charge in [-0.15, -0.1) is 0 Å². The van der Waals surface area contributed by atoms with E-state index in [0.29, 0.717) is 0 Å². The molecular weight excluding hydrogens is 215 g/mol. The van der Waals surface area contributed by atoms with Crippen LogP contribution in [0.15, 0.2) is 0 Å². The summed E-state index contributed by atoms with van der Waals surface area (Å²) in [6.07, 6.45) is 4.89. The molecule has 9 heavy (non-hydrogen) atoms. The van der Waals surface area contributed by atoms with Crippen LogP contribution in [0.1, 0.15) is 19.3 Å².